The summed E-state index contributed by atoms with van der Waals surface area (Å²) in [6.07, 6.45) is 4.32. The van der Waals surface area contributed by atoms with E-state index in [1.807, 2.05) is 0 Å². The zero-order chi connectivity index (χ0) is 13.1. The van der Waals surface area contributed by atoms with Gasteiger partial charge in [-0.05, 0) is 30.7 Å². The van der Waals surface area contributed by atoms with Gasteiger partial charge < -0.3 is 10.1 Å². The Bertz CT molecular complexity index is 266. The molecule has 1 saturated carbocycles. The van der Waals surface area contributed by atoms with E-state index in [0.29, 0.717) is 5.92 Å². The lowest BCUT2D eigenvalue weighted by atomic mass is 9.62. The molecular weight excluding hydrogens is 214 g/mol. The first-order chi connectivity index (χ1) is 7.88. The van der Waals surface area contributed by atoms with Crippen molar-refractivity contribution < 1.29 is 9.53 Å². The third-order valence-corrected chi connectivity index (χ3v) is 4.00. The van der Waals surface area contributed by atoms with Crippen molar-refractivity contribution in [3.05, 3.63) is 0 Å². The van der Waals surface area contributed by atoms with Crippen LogP contribution in [0.5, 0.6) is 0 Å². The predicted molar refractivity (Wildman–Crippen MR) is 69.8 cm³/mol. The molecule has 0 aromatic heterocycles. The summed E-state index contributed by atoms with van der Waals surface area (Å²) >= 11 is 0. The highest BCUT2D eigenvalue weighted by molar-refractivity contribution is 5.81. The molecule has 0 radical (unpaired) electrons. The first-order valence-corrected chi connectivity index (χ1v) is 6.72. The van der Waals surface area contributed by atoms with Gasteiger partial charge in [0.25, 0.3) is 0 Å². The maximum absolute atomic E-state index is 12.3. The van der Waals surface area contributed by atoms with E-state index < -0.39 is 5.54 Å². The second-order valence-electron chi connectivity index (χ2n) is 6.16. The van der Waals surface area contributed by atoms with Crippen LogP contribution in [-0.2, 0) is 9.53 Å². The zero-order valence-corrected chi connectivity index (χ0v) is 11.9. The number of nitrogens with one attached hydrogen (secondary N) is 1. The van der Waals surface area contributed by atoms with Gasteiger partial charge >= 0.3 is 5.97 Å². The van der Waals surface area contributed by atoms with Crippen LogP contribution in [0, 0.1) is 11.3 Å². The number of esters is 1. The van der Waals surface area contributed by atoms with E-state index in [0.717, 1.165) is 25.8 Å². The number of carbonyl (C=O) groups is 1. The standard InChI is InChI=1S/C14H27NO2/c1-6-15-14(12(16)17-5)10-8-7-9-11(14)13(2,3)4/h11,15H,6-10H2,1-5H3. The van der Waals surface area contributed by atoms with Crippen LogP contribution in [0.1, 0.15) is 53.4 Å². The van der Waals surface area contributed by atoms with Crippen LogP contribution in [0.3, 0.4) is 0 Å². The molecule has 0 aromatic rings. The predicted octanol–water partition coefficient (Wildman–Crippen LogP) is 2.74. The smallest absolute Gasteiger partial charge is 0.326 e. The monoisotopic (exact) mass is 241 g/mol. The van der Waals surface area contributed by atoms with Crippen LogP contribution < -0.4 is 5.32 Å². The Labute approximate surface area is 105 Å². The van der Waals surface area contributed by atoms with E-state index >= 15 is 0 Å². The molecule has 0 saturated heterocycles. The Hall–Kier alpha value is -0.570. The van der Waals surface area contributed by atoms with Gasteiger partial charge in [-0.15, -0.1) is 0 Å². The van der Waals surface area contributed by atoms with Crippen molar-refractivity contribution in [2.75, 3.05) is 13.7 Å². The second-order valence-corrected chi connectivity index (χ2v) is 6.16. The average Bonchev–Trinajstić information content (AvgIpc) is 2.27. The lowest BCUT2D eigenvalue weighted by molar-refractivity contribution is -0.156. The Morgan fingerprint density at radius 3 is 2.53 bits per heavy atom. The number of rotatable bonds is 3. The van der Waals surface area contributed by atoms with Gasteiger partial charge in [-0.2, -0.15) is 0 Å². The molecule has 0 heterocycles. The molecule has 1 N–H and O–H groups in total. The van der Waals surface area contributed by atoms with Gasteiger partial charge in [-0.1, -0.05) is 40.5 Å². The number of hydrogen-bond donors (Lipinski definition) is 1. The molecule has 1 aliphatic carbocycles. The molecule has 1 aliphatic rings. The average molecular weight is 241 g/mol. The SMILES string of the molecule is CCNC1(C(=O)OC)CCCCC1C(C)(C)C. The highest BCUT2D eigenvalue weighted by Crippen LogP contribution is 2.44. The van der Waals surface area contributed by atoms with Gasteiger partial charge in [-0.25, -0.2) is 0 Å². The zero-order valence-electron chi connectivity index (χ0n) is 11.9. The van der Waals surface area contributed by atoms with Crippen molar-refractivity contribution in [1.29, 1.82) is 0 Å². The summed E-state index contributed by atoms with van der Waals surface area (Å²) in [5, 5.41) is 3.43. The highest BCUT2D eigenvalue weighted by atomic mass is 16.5. The lowest BCUT2D eigenvalue weighted by Gasteiger charge is -2.48. The van der Waals surface area contributed by atoms with E-state index in [1.54, 1.807) is 0 Å². The fourth-order valence-electron chi connectivity index (χ4n) is 3.37. The van der Waals surface area contributed by atoms with Gasteiger partial charge in [0.2, 0.25) is 0 Å². The van der Waals surface area contributed by atoms with E-state index in [4.69, 9.17) is 4.74 Å². The van der Waals surface area contributed by atoms with Gasteiger partial charge in [0, 0.05) is 0 Å². The highest BCUT2D eigenvalue weighted by Gasteiger charge is 2.51. The summed E-state index contributed by atoms with van der Waals surface area (Å²) in [6, 6.07) is 0. The van der Waals surface area contributed by atoms with Gasteiger partial charge in [0.1, 0.15) is 5.54 Å². The van der Waals surface area contributed by atoms with Gasteiger partial charge in [-0.3, -0.25) is 4.79 Å². The molecule has 2 unspecified atom stereocenters. The molecule has 0 amide bonds. The molecule has 0 aromatic carbocycles. The number of likely N-dealkylation sites (N-methyl/N-ethyl adjacent to an activating group) is 1. The Morgan fingerprint density at radius 2 is 2.06 bits per heavy atom. The molecular formula is C14H27NO2. The Morgan fingerprint density at radius 1 is 1.41 bits per heavy atom. The minimum atomic E-state index is -0.472. The third kappa shape index (κ3) is 2.82. The molecule has 0 bridgehead atoms. The van der Waals surface area contributed by atoms with E-state index in [1.165, 1.54) is 13.5 Å². The van der Waals surface area contributed by atoms with E-state index in [2.05, 4.69) is 33.0 Å². The maximum atomic E-state index is 12.3. The topological polar surface area (TPSA) is 38.3 Å². The molecule has 3 heteroatoms. The van der Waals surface area contributed by atoms with Crippen molar-refractivity contribution >= 4 is 5.97 Å². The van der Waals surface area contributed by atoms with E-state index in [9.17, 15) is 4.79 Å². The number of carbonyl (C=O) groups excluding carboxylic acids is 1. The Balaban J connectivity index is 3.08. The van der Waals surface area contributed by atoms with Crippen LogP contribution in [0.25, 0.3) is 0 Å². The molecule has 0 aliphatic heterocycles. The molecule has 100 valence electrons. The largest absolute Gasteiger partial charge is 0.468 e. The summed E-state index contributed by atoms with van der Waals surface area (Å²) in [7, 11) is 1.50. The molecule has 0 spiro atoms. The fraction of sp³-hybridized carbons (Fsp3) is 0.929. The van der Waals surface area contributed by atoms with Crippen molar-refractivity contribution in [1.82, 2.24) is 5.32 Å². The Kier molecular flexibility index (Phi) is 4.59. The van der Waals surface area contributed by atoms with Crippen molar-refractivity contribution in [3.63, 3.8) is 0 Å². The minimum absolute atomic E-state index is 0.0843. The minimum Gasteiger partial charge on any atom is -0.468 e. The van der Waals surface area contributed by atoms with Crippen LogP contribution in [0.2, 0.25) is 0 Å². The number of hydrogen-bond acceptors (Lipinski definition) is 3. The molecule has 1 fully saturated rings. The molecule has 17 heavy (non-hydrogen) atoms. The first kappa shape index (κ1) is 14.5. The normalized spacial score (nSPS) is 30.1. The van der Waals surface area contributed by atoms with Crippen molar-refractivity contribution in [2.24, 2.45) is 11.3 Å². The van der Waals surface area contributed by atoms with Gasteiger partial charge in [0.15, 0.2) is 0 Å². The summed E-state index contributed by atoms with van der Waals surface area (Å²) in [4.78, 5) is 12.3. The fourth-order valence-corrected chi connectivity index (χ4v) is 3.37. The molecule has 1 rings (SSSR count). The summed E-state index contributed by atoms with van der Waals surface area (Å²) in [6.45, 7) is 9.52. The van der Waals surface area contributed by atoms with Crippen molar-refractivity contribution in [3.8, 4) is 0 Å². The molecule has 3 nitrogen and oxygen atoms in total. The number of methoxy groups -OCH3 is 1. The quantitative estimate of drug-likeness (QED) is 0.772. The maximum Gasteiger partial charge on any atom is 0.326 e. The van der Waals surface area contributed by atoms with Crippen LogP contribution in [0.15, 0.2) is 0 Å². The first-order valence-electron chi connectivity index (χ1n) is 6.72. The summed E-state index contributed by atoms with van der Waals surface area (Å²) in [5.41, 5.74) is -0.350. The van der Waals surface area contributed by atoms with Crippen LogP contribution >= 0.6 is 0 Å². The second kappa shape index (κ2) is 5.38. The third-order valence-electron chi connectivity index (χ3n) is 4.00. The van der Waals surface area contributed by atoms with E-state index in [-0.39, 0.29) is 11.4 Å². The van der Waals surface area contributed by atoms with Crippen LogP contribution in [-0.4, -0.2) is 25.2 Å². The number of ether oxygens (including phenoxy) is 1. The van der Waals surface area contributed by atoms with Gasteiger partial charge in [0.05, 0.1) is 7.11 Å². The van der Waals surface area contributed by atoms with Crippen LogP contribution in [0.4, 0.5) is 0 Å². The molecule has 2 atom stereocenters. The summed E-state index contributed by atoms with van der Waals surface area (Å²) < 4.78 is 5.07. The lowest BCUT2D eigenvalue weighted by Crippen LogP contribution is -2.62. The summed E-state index contributed by atoms with van der Waals surface area (Å²) in [5.74, 6) is 0.259. The van der Waals surface area contributed by atoms with Crippen molar-refractivity contribution in [2.45, 2.75) is 58.9 Å².